The molecule has 1 aliphatic heterocycles. The Kier molecular flexibility index (Phi) is 9.61. The number of ether oxygens (including phenoxy) is 2. The van der Waals surface area contributed by atoms with Gasteiger partial charge in [-0.15, -0.1) is 0 Å². The number of fused-ring (bicyclic) bond motifs is 5. The second-order valence-corrected chi connectivity index (χ2v) is 16.3. The smallest absolute Gasteiger partial charge is 0.272 e. The molecule has 4 N–H and O–H groups in total. The van der Waals surface area contributed by atoms with Gasteiger partial charge in [0.1, 0.15) is 23.7 Å². The van der Waals surface area contributed by atoms with E-state index in [1.807, 2.05) is 36.4 Å². The van der Waals surface area contributed by atoms with E-state index in [4.69, 9.17) is 9.47 Å². The van der Waals surface area contributed by atoms with Gasteiger partial charge in [-0.3, -0.25) is 14.3 Å². The van der Waals surface area contributed by atoms with Crippen molar-refractivity contribution in [1.29, 1.82) is 0 Å². The topological polar surface area (TPSA) is 156 Å². The van der Waals surface area contributed by atoms with Crippen LogP contribution in [0.15, 0.2) is 65.7 Å². The second kappa shape index (κ2) is 14.7. The molecule has 12 nitrogen and oxygen atoms in total. The highest BCUT2D eigenvalue weighted by molar-refractivity contribution is 5.97. The Balaban J connectivity index is 0.749. The third-order valence-corrected chi connectivity index (χ3v) is 13.2. The van der Waals surface area contributed by atoms with Gasteiger partial charge in [0.05, 0.1) is 42.2 Å². The fourth-order valence-corrected chi connectivity index (χ4v) is 10.6. The Morgan fingerprint density at radius 3 is 2.75 bits per heavy atom. The molecule has 4 aliphatic rings. The minimum Gasteiger partial charge on any atom is -0.508 e. The summed E-state index contributed by atoms with van der Waals surface area (Å²) >= 11 is 0. The summed E-state index contributed by atoms with van der Waals surface area (Å²) in [5, 5.41) is 28.4. The molecule has 1 amide bonds. The summed E-state index contributed by atoms with van der Waals surface area (Å²) in [7, 11) is 1.79. The van der Waals surface area contributed by atoms with Gasteiger partial charge in [-0.05, 0) is 121 Å². The maximum atomic E-state index is 14.6. The monoisotopic (exact) mass is 761 g/mol. The number of aryl methyl sites for hydroxylation is 2. The van der Waals surface area contributed by atoms with Gasteiger partial charge in [0.15, 0.2) is 0 Å². The van der Waals surface area contributed by atoms with E-state index in [2.05, 4.69) is 43.9 Å². The van der Waals surface area contributed by atoms with Gasteiger partial charge in [0.25, 0.3) is 5.56 Å². The molecular formula is C43H48FN7O5. The van der Waals surface area contributed by atoms with Crippen LogP contribution in [-0.2, 0) is 27.7 Å². The third-order valence-electron chi connectivity index (χ3n) is 13.2. The Morgan fingerprint density at radius 2 is 1.93 bits per heavy atom. The first-order chi connectivity index (χ1) is 27.2. The molecule has 9 rings (SSSR count). The first kappa shape index (κ1) is 36.5. The van der Waals surface area contributed by atoms with Crippen LogP contribution in [0.3, 0.4) is 0 Å². The van der Waals surface area contributed by atoms with Crippen molar-refractivity contribution in [3.05, 3.63) is 105 Å². The number of carbonyl (C=O) groups is 1. The zero-order valence-corrected chi connectivity index (χ0v) is 31.8. The van der Waals surface area contributed by atoms with Crippen LogP contribution < -0.4 is 16.2 Å². The first-order valence-electron chi connectivity index (χ1n) is 19.9. The molecule has 0 unspecified atom stereocenters. The van der Waals surface area contributed by atoms with Crippen molar-refractivity contribution < 1.29 is 23.8 Å². The van der Waals surface area contributed by atoms with E-state index in [1.165, 1.54) is 55.3 Å². The number of halogens is 1. The van der Waals surface area contributed by atoms with Crippen LogP contribution in [0.25, 0.3) is 10.8 Å². The SMILES string of the molecule is Cn1ncnc1[C@H]1c2n[nH]c(=O)c3cc(F)cc(c23)N[C@@H]1c1ccc(NC(=O)CCOCCCO[C@H]2CC[C@H]3[C@@H]4CCc5cc(O)ccc5[C@H]4CC[C@]23C)cc1. The molecule has 56 heavy (non-hydrogen) atoms. The molecular weight excluding hydrogens is 714 g/mol. The second-order valence-electron chi connectivity index (χ2n) is 16.3. The summed E-state index contributed by atoms with van der Waals surface area (Å²) in [5.41, 5.74) is 5.06. The van der Waals surface area contributed by atoms with Crippen molar-refractivity contribution in [3.8, 4) is 5.75 Å². The number of rotatable bonds is 11. The number of hydrogen-bond acceptors (Lipinski definition) is 9. The molecule has 0 spiro atoms. The molecule has 7 atom stereocenters. The van der Waals surface area contributed by atoms with E-state index in [0.29, 0.717) is 71.6 Å². The zero-order valence-electron chi connectivity index (χ0n) is 31.8. The summed E-state index contributed by atoms with van der Waals surface area (Å²) in [4.78, 5) is 29.9. The highest BCUT2D eigenvalue weighted by atomic mass is 19.1. The standard InChI is InChI=1S/C43H48FN7O5/c1-43-16-14-30-29-11-9-28(52)20-25(29)6-10-31(30)33(43)12-13-35(43)56-18-3-17-55-19-15-36(53)47-27-7-4-24(5-8-27)39-38(41-45-23-46-51(41)2)40-37-32(42(54)50-49-40)21-26(44)22-34(37)48-39/h4-5,7-9,11,20-23,30-31,33,35,38-39,48,52H,3,6,10,12-19H2,1-2H3,(H,47,53)(H,50,54)/t30-,31-,33+,35+,38-,39-,43+/m1/s1. The van der Waals surface area contributed by atoms with Gasteiger partial charge >= 0.3 is 0 Å². The number of benzene rings is 3. The molecule has 2 aromatic heterocycles. The highest BCUT2D eigenvalue weighted by Gasteiger charge is 2.55. The Morgan fingerprint density at radius 1 is 1.07 bits per heavy atom. The lowest BCUT2D eigenvalue weighted by atomic mass is 9.55. The number of nitrogens with zero attached hydrogens (tertiary/aromatic N) is 4. The number of aromatic nitrogens is 5. The van der Waals surface area contributed by atoms with Gasteiger partial charge < -0.3 is 25.2 Å². The van der Waals surface area contributed by atoms with Gasteiger partial charge in [-0.2, -0.15) is 10.2 Å². The molecule has 3 aromatic carbocycles. The van der Waals surface area contributed by atoms with Crippen LogP contribution >= 0.6 is 0 Å². The van der Waals surface area contributed by atoms with Crippen LogP contribution in [0.4, 0.5) is 15.8 Å². The van der Waals surface area contributed by atoms with Crippen molar-refractivity contribution in [1.82, 2.24) is 25.0 Å². The summed E-state index contributed by atoms with van der Waals surface area (Å²) < 4.78 is 28.7. The Hall–Kier alpha value is -5.14. The van der Waals surface area contributed by atoms with Crippen molar-refractivity contribution in [2.75, 3.05) is 30.5 Å². The minimum absolute atomic E-state index is 0.145. The van der Waals surface area contributed by atoms with Crippen LogP contribution in [0, 0.1) is 23.1 Å². The fourth-order valence-electron chi connectivity index (χ4n) is 10.6. The molecule has 3 heterocycles. The van der Waals surface area contributed by atoms with Crippen molar-refractivity contribution in [2.24, 2.45) is 24.3 Å². The third kappa shape index (κ3) is 6.54. The van der Waals surface area contributed by atoms with Crippen molar-refractivity contribution in [2.45, 2.75) is 82.3 Å². The zero-order chi connectivity index (χ0) is 38.6. The highest BCUT2D eigenvalue weighted by Crippen LogP contribution is 2.61. The lowest BCUT2D eigenvalue weighted by Crippen LogP contribution is -2.44. The number of aromatic hydroxyl groups is 1. The Labute approximate surface area is 324 Å². The largest absolute Gasteiger partial charge is 0.508 e. The quantitative estimate of drug-likeness (QED) is 0.106. The van der Waals surface area contributed by atoms with Crippen molar-refractivity contribution >= 4 is 28.1 Å². The lowest BCUT2D eigenvalue weighted by molar-refractivity contribution is -0.117. The molecule has 5 aromatic rings. The maximum absolute atomic E-state index is 14.6. The molecule has 0 saturated heterocycles. The van der Waals surface area contributed by atoms with Crippen LogP contribution in [-0.4, -0.2) is 61.9 Å². The van der Waals surface area contributed by atoms with E-state index in [-0.39, 0.29) is 29.2 Å². The molecule has 13 heteroatoms. The number of phenolic OH excluding ortho intramolecular Hbond substituents is 1. The number of amides is 1. The fraction of sp³-hybridized carbons (Fsp3) is 0.465. The normalized spacial score (nSPS) is 26.3. The van der Waals surface area contributed by atoms with Crippen LogP contribution in [0.5, 0.6) is 5.75 Å². The van der Waals surface area contributed by atoms with Crippen LogP contribution in [0.2, 0.25) is 0 Å². The van der Waals surface area contributed by atoms with Crippen LogP contribution in [0.1, 0.15) is 98.0 Å². The number of phenols is 1. The van der Waals surface area contributed by atoms with E-state index < -0.39 is 23.3 Å². The minimum atomic E-state index is -0.529. The number of carbonyl (C=O) groups excluding carboxylic acids is 1. The number of nitrogens with one attached hydrogen (secondary N) is 3. The first-order valence-corrected chi connectivity index (χ1v) is 19.9. The Bertz CT molecular complexity index is 2330. The van der Waals surface area contributed by atoms with Gasteiger partial charge in [-0.1, -0.05) is 25.1 Å². The average Bonchev–Trinajstić information content (AvgIpc) is 3.77. The van der Waals surface area contributed by atoms with E-state index in [9.17, 15) is 19.1 Å². The lowest BCUT2D eigenvalue weighted by Gasteiger charge is -2.50. The molecule has 292 valence electrons. The van der Waals surface area contributed by atoms with Gasteiger partial charge in [0, 0.05) is 37.0 Å². The summed E-state index contributed by atoms with van der Waals surface area (Å²) in [5.74, 6) is 1.84. The van der Waals surface area contributed by atoms with E-state index in [0.717, 1.165) is 24.8 Å². The molecule has 3 aliphatic carbocycles. The molecule has 0 radical (unpaired) electrons. The summed E-state index contributed by atoms with van der Waals surface area (Å²) in [6, 6.07) is 15.6. The number of aromatic amines is 1. The predicted molar refractivity (Wildman–Crippen MR) is 209 cm³/mol. The molecule has 2 saturated carbocycles. The summed E-state index contributed by atoms with van der Waals surface area (Å²) in [6.07, 6.45) is 9.68. The average molecular weight is 762 g/mol. The maximum Gasteiger partial charge on any atom is 0.272 e. The predicted octanol–water partition coefficient (Wildman–Crippen LogP) is 6.87. The summed E-state index contributed by atoms with van der Waals surface area (Å²) in [6.45, 7) is 3.96. The molecule has 0 bridgehead atoms. The molecule has 2 fully saturated rings. The number of hydrogen-bond donors (Lipinski definition) is 4. The van der Waals surface area contributed by atoms with Gasteiger partial charge in [-0.25, -0.2) is 14.5 Å². The van der Waals surface area contributed by atoms with E-state index in [1.54, 1.807) is 11.7 Å². The van der Waals surface area contributed by atoms with Gasteiger partial charge in [0.2, 0.25) is 5.91 Å². The number of anilines is 2. The number of H-pyrrole nitrogens is 1. The van der Waals surface area contributed by atoms with E-state index >= 15 is 0 Å². The van der Waals surface area contributed by atoms with Crippen molar-refractivity contribution in [3.63, 3.8) is 0 Å².